The molecule has 0 spiro atoms. The van der Waals surface area contributed by atoms with Crippen molar-refractivity contribution >= 4 is 33.7 Å². The molecule has 0 aliphatic carbocycles. The van der Waals surface area contributed by atoms with Gasteiger partial charge in [0.05, 0.1) is 11.7 Å². The molecule has 2 heterocycles. The molecular weight excluding hydrogens is 304 g/mol. The maximum absolute atomic E-state index is 5.95. The molecule has 4 nitrogen and oxygen atoms in total. The van der Waals surface area contributed by atoms with Crippen molar-refractivity contribution in [3.63, 3.8) is 0 Å². The zero-order valence-electron chi connectivity index (χ0n) is 12.0. The standard InChI is InChI=1S/C15H17ClN4S/c1-10(11-3-5-12(16)6-4-11)19(2)14-13(9-17)20-7-8-21-15(20)18-14/h3-8,10H,9,17H2,1-2H3. The Bertz CT molecular complexity index is 747. The third-order valence-electron chi connectivity index (χ3n) is 3.80. The van der Waals surface area contributed by atoms with Crippen molar-refractivity contribution in [1.82, 2.24) is 9.38 Å². The molecule has 0 fully saturated rings. The highest BCUT2D eigenvalue weighted by Crippen LogP contribution is 2.30. The van der Waals surface area contributed by atoms with E-state index in [2.05, 4.69) is 16.2 Å². The fourth-order valence-electron chi connectivity index (χ4n) is 2.44. The summed E-state index contributed by atoms with van der Waals surface area (Å²) in [5.41, 5.74) is 8.15. The average molecular weight is 321 g/mol. The number of thiazole rings is 1. The number of aromatic nitrogens is 2. The Kier molecular flexibility index (Phi) is 3.89. The Labute approximate surface area is 132 Å². The topological polar surface area (TPSA) is 46.6 Å². The first kappa shape index (κ1) is 14.4. The van der Waals surface area contributed by atoms with Gasteiger partial charge in [-0.1, -0.05) is 23.7 Å². The number of fused-ring (bicyclic) bond motifs is 1. The average Bonchev–Trinajstić information content (AvgIpc) is 3.06. The lowest BCUT2D eigenvalue weighted by atomic mass is 10.1. The van der Waals surface area contributed by atoms with Crippen LogP contribution in [0.1, 0.15) is 24.2 Å². The highest BCUT2D eigenvalue weighted by Gasteiger charge is 2.20. The molecule has 2 N–H and O–H groups in total. The molecule has 0 radical (unpaired) electrons. The molecule has 2 aromatic heterocycles. The molecule has 0 bridgehead atoms. The zero-order valence-corrected chi connectivity index (χ0v) is 13.5. The van der Waals surface area contributed by atoms with Gasteiger partial charge in [0.15, 0.2) is 10.8 Å². The summed E-state index contributed by atoms with van der Waals surface area (Å²) in [6.45, 7) is 2.61. The summed E-state index contributed by atoms with van der Waals surface area (Å²) in [6, 6.07) is 8.11. The van der Waals surface area contributed by atoms with Gasteiger partial charge in [0.1, 0.15) is 0 Å². The number of rotatable bonds is 4. The molecule has 3 rings (SSSR count). The van der Waals surface area contributed by atoms with Crippen LogP contribution in [-0.4, -0.2) is 16.4 Å². The Hall–Kier alpha value is -1.56. The van der Waals surface area contributed by atoms with E-state index >= 15 is 0 Å². The summed E-state index contributed by atoms with van der Waals surface area (Å²) in [4.78, 5) is 7.84. The number of halogens is 1. The number of hydrogen-bond donors (Lipinski definition) is 1. The lowest BCUT2D eigenvalue weighted by Gasteiger charge is -2.26. The molecule has 0 amide bonds. The normalized spacial score (nSPS) is 12.8. The fraction of sp³-hybridized carbons (Fsp3) is 0.267. The molecular formula is C15H17ClN4S. The van der Waals surface area contributed by atoms with Crippen LogP contribution < -0.4 is 10.6 Å². The maximum Gasteiger partial charge on any atom is 0.195 e. The van der Waals surface area contributed by atoms with Gasteiger partial charge < -0.3 is 10.6 Å². The van der Waals surface area contributed by atoms with Crippen molar-refractivity contribution in [2.45, 2.75) is 19.5 Å². The van der Waals surface area contributed by atoms with Gasteiger partial charge in [-0.25, -0.2) is 4.98 Å². The number of imidazole rings is 1. The second-order valence-electron chi connectivity index (χ2n) is 4.98. The van der Waals surface area contributed by atoms with E-state index in [0.29, 0.717) is 6.54 Å². The van der Waals surface area contributed by atoms with E-state index in [0.717, 1.165) is 21.5 Å². The number of nitrogens with two attached hydrogens (primary N) is 1. The molecule has 0 aliphatic heterocycles. The van der Waals surface area contributed by atoms with Crippen molar-refractivity contribution in [2.24, 2.45) is 5.73 Å². The van der Waals surface area contributed by atoms with Crippen LogP contribution >= 0.6 is 22.9 Å². The van der Waals surface area contributed by atoms with Crippen LogP contribution in [0.15, 0.2) is 35.8 Å². The van der Waals surface area contributed by atoms with E-state index in [1.165, 1.54) is 5.56 Å². The van der Waals surface area contributed by atoms with E-state index in [9.17, 15) is 0 Å². The molecule has 21 heavy (non-hydrogen) atoms. The molecule has 1 aromatic carbocycles. The summed E-state index contributed by atoms with van der Waals surface area (Å²) in [5, 5.41) is 2.77. The van der Waals surface area contributed by atoms with Gasteiger partial charge >= 0.3 is 0 Å². The first-order valence-electron chi connectivity index (χ1n) is 6.74. The minimum atomic E-state index is 0.192. The number of benzene rings is 1. The quantitative estimate of drug-likeness (QED) is 0.797. The van der Waals surface area contributed by atoms with Crippen LogP contribution in [0.3, 0.4) is 0 Å². The van der Waals surface area contributed by atoms with Gasteiger partial charge in [-0.3, -0.25) is 4.40 Å². The fourth-order valence-corrected chi connectivity index (χ4v) is 3.30. The highest BCUT2D eigenvalue weighted by molar-refractivity contribution is 7.15. The Morgan fingerprint density at radius 1 is 1.38 bits per heavy atom. The van der Waals surface area contributed by atoms with Crippen LogP contribution in [0.5, 0.6) is 0 Å². The van der Waals surface area contributed by atoms with Gasteiger partial charge in [-0.05, 0) is 24.6 Å². The number of nitrogens with zero attached hydrogens (tertiary/aromatic N) is 3. The SMILES string of the molecule is CC(c1ccc(Cl)cc1)N(C)c1nc2sccn2c1CN. The molecule has 0 saturated carbocycles. The summed E-state index contributed by atoms with van der Waals surface area (Å²) < 4.78 is 2.06. The third-order valence-corrected chi connectivity index (χ3v) is 4.81. The summed E-state index contributed by atoms with van der Waals surface area (Å²) in [7, 11) is 2.05. The second kappa shape index (κ2) is 5.67. The van der Waals surface area contributed by atoms with E-state index in [1.54, 1.807) is 11.3 Å². The first-order valence-corrected chi connectivity index (χ1v) is 8.00. The predicted molar refractivity (Wildman–Crippen MR) is 89.2 cm³/mol. The minimum Gasteiger partial charge on any atom is -0.351 e. The maximum atomic E-state index is 5.95. The van der Waals surface area contributed by atoms with Crippen LogP contribution in [0.4, 0.5) is 5.82 Å². The zero-order chi connectivity index (χ0) is 15.0. The van der Waals surface area contributed by atoms with Crippen molar-refractivity contribution < 1.29 is 0 Å². The van der Waals surface area contributed by atoms with Crippen LogP contribution in [0.25, 0.3) is 4.96 Å². The van der Waals surface area contributed by atoms with Crippen molar-refractivity contribution in [2.75, 3.05) is 11.9 Å². The lowest BCUT2D eigenvalue weighted by molar-refractivity contribution is 0.724. The predicted octanol–water partition coefficient (Wildman–Crippen LogP) is 3.71. The smallest absolute Gasteiger partial charge is 0.195 e. The monoisotopic (exact) mass is 320 g/mol. The number of anilines is 1. The van der Waals surface area contributed by atoms with Gasteiger partial charge in [0.25, 0.3) is 0 Å². The number of hydrogen-bond acceptors (Lipinski definition) is 4. The Balaban J connectivity index is 1.97. The third kappa shape index (κ3) is 2.52. The van der Waals surface area contributed by atoms with E-state index in [4.69, 9.17) is 22.3 Å². The van der Waals surface area contributed by atoms with Crippen LogP contribution in [0, 0.1) is 0 Å². The van der Waals surface area contributed by atoms with Crippen LogP contribution in [-0.2, 0) is 6.54 Å². The Morgan fingerprint density at radius 2 is 2.10 bits per heavy atom. The van der Waals surface area contributed by atoms with Crippen molar-refractivity contribution in [3.05, 3.63) is 52.1 Å². The summed E-state index contributed by atoms with van der Waals surface area (Å²) in [6.07, 6.45) is 2.01. The van der Waals surface area contributed by atoms with Gasteiger partial charge in [0.2, 0.25) is 0 Å². The summed E-state index contributed by atoms with van der Waals surface area (Å²) in [5.74, 6) is 0.937. The molecule has 6 heteroatoms. The lowest BCUT2D eigenvalue weighted by Crippen LogP contribution is -2.23. The molecule has 1 atom stereocenters. The largest absolute Gasteiger partial charge is 0.351 e. The van der Waals surface area contributed by atoms with Crippen molar-refractivity contribution in [1.29, 1.82) is 0 Å². The molecule has 0 aliphatic rings. The van der Waals surface area contributed by atoms with Gasteiger partial charge in [-0.15, -0.1) is 11.3 Å². The van der Waals surface area contributed by atoms with E-state index in [-0.39, 0.29) is 6.04 Å². The molecule has 0 saturated heterocycles. The van der Waals surface area contributed by atoms with E-state index < -0.39 is 0 Å². The van der Waals surface area contributed by atoms with Gasteiger partial charge in [-0.2, -0.15) is 0 Å². The first-order chi connectivity index (χ1) is 10.1. The van der Waals surface area contributed by atoms with Crippen molar-refractivity contribution in [3.8, 4) is 0 Å². The molecule has 110 valence electrons. The van der Waals surface area contributed by atoms with E-state index in [1.807, 2.05) is 42.9 Å². The summed E-state index contributed by atoms with van der Waals surface area (Å²) >= 11 is 7.57. The minimum absolute atomic E-state index is 0.192. The van der Waals surface area contributed by atoms with Gasteiger partial charge in [0, 0.05) is 30.2 Å². The molecule has 1 unspecified atom stereocenters. The Morgan fingerprint density at radius 3 is 2.76 bits per heavy atom. The molecule has 3 aromatic rings. The van der Waals surface area contributed by atoms with Crippen LogP contribution in [0.2, 0.25) is 5.02 Å². The highest BCUT2D eigenvalue weighted by atomic mass is 35.5. The second-order valence-corrected chi connectivity index (χ2v) is 6.29.